The third-order valence-electron chi connectivity index (χ3n) is 4.15. The summed E-state index contributed by atoms with van der Waals surface area (Å²) in [6.07, 6.45) is 0. The van der Waals surface area contributed by atoms with Crippen molar-refractivity contribution in [3.8, 4) is 0 Å². The number of halogens is 1. The zero-order valence-corrected chi connectivity index (χ0v) is 18.2. The first-order chi connectivity index (χ1) is 13.5. The molecule has 1 atom stereocenters. The highest BCUT2D eigenvalue weighted by Gasteiger charge is 2.24. The van der Waals surface area contributed by atoms with E-state index in [-0.39, 0.29) is 16.7 Å². The molecule has 2 amide bonds. The Morgan fingerprint density at radius 3 is 2.14 bits per heavy atom. The largest absolute Gasteiger partial charge is 0.344 e. The highest BCUT2D eigenvalue weighted by Crippen LogP contribution is 2.24. The van der Waals surface area contributed by atoms with Crippen LogP contribution in [0, 0.1) is 12.8 Å². The molecule has 3 N–H and O–H groups in total. The summed E-state index contributed by atoms with van der Waals surface area (Å²) in [5.41, 5.74) is 1.20. The first kappa shape index (κ1) is 22.7. The van der Waals surface area contributed by atoms with E-state index >= 15 is 0 Å². The van der Waals surface area contributed by atoms with Gasteiger partial charge in [0.15, 0.2) is 0 Å². The topological polar surface area (TPSA) is 104 Å². The van der Waals surface area contributed by atoms with Crippen LogP contribution >= 0.6 is 11.6 Å². The molecule has 0 saturated carbocycles. The smallest absolute Gasteiger partial charge is 0.262 e. The van der Waals surface area contributed by atoms with Gasteiger partial charge >= 0.3 is 0 Å². The number of hydrogen-bond donors (Lipinski definition) is 3. The van der Waals surface area contributed by atoms with E-state index < -0.39 is 22.0 Å². The zero-order chi connectivity index (χ0) is 21.8. The number of rotatable bonds is 7. The van der Waals surface area contributed by atoms with Crippen LogP contribution in [0.5, 0.6) is 0 Å². The maximum atomic E-state index is 12.8. The van der Waals surface area contributed by atoms with E-state index in [1.165, 1.54) is 13.0 Å². The van der Waals surface area contributed by atoms with Crippen molar-refractivity contribution < 1.29 is 18.0 Å². The molecular formula is C20H24ClN3O4S. The lowest BCUT2D eigenvalue weighted by Crippen LogP contribution is -2.46. The molecule has 2 aromatic carbocycles. The Morgan fingerprint density at radius 1 is 1.00 bits per heavy atom. The molecule has 0 aliphatic carbocycles. The average molecular weight is 438 g/mol. The number of carbonyl (C=O) groups is 2. The molecule has 156 valence electrons. The highest BCUT2D eigenvalue weighted by atomic mass is 35.5. The molecule has 0 saturated heterocycles. The second-order valence-electron chi connectivity index (χ2n) is 7.00. The van der Waals surface area contributed by atoms with Crippen LogP contribution in [0.4, 0.5) is 11.4 Å². The van der Waals surface area contributed by atoms with Crippen molar-refractivity contribution in [1.82, 2.24) is 5.32 Å². The predicted octanol–water partition coefficient (Wildman–Crippen LogP) is 3.55. The van der Waals surface area contributed by atoms with Crippen molar-refractivity contribution in [2.45, 2.75) is 38.6 Å². The van der Waals surface area contributed by atoms with Gasteiger partial charge in [-0.1, -0.05) is 31.5 Å². The number of carbonyl (C=O) groups excluding carboxylic acids is 2. The van der Waals surface area contributed by atoms with Crippen LogP contribution < -0.4 is 15.4 Å². The van der Waals surface area contributed by atoms with Gasteiger partial charge in [-0.05, 0) is 54.8 Å². The number of anilines is 2. The third-order valence-corrected chi connectivity index (χ3v) is 5.92. The summed E-state index contributed by atoms with van der Waals surface area (Å²) < 4.78 is 28.1. The molecule has 9 heteroatoms. The molecule has 0 aliphatic heterocycles. The predicted molar refractivity (Wildman–Crippen MR) is 115 cm³/mol. The highest BCUT2D eigenvalue weighted by molar-refractivity contribution is 7.92. The molecule has 0 fully saturated rings. The van der Waals surface area contributed by atoms with E-state index in [9.17, 15) is 18.0 Å². The summed E-state index contributed by atoms with van der Waals surface area (Å²) in [6.45, 7) is 6.61. The fourth-order valence-corrected chi connectivity index (χ4v) is 4.13. The van der Waals surface area contributed by atoms with Crippen molar-refractivity contribution >= 4 is 44.8 Å². The molecule has 0 unspecified atom stereocenters. The van der Waals surface area contributed by atoms with Gasteiger partial charge in [0.25, 0.3) is 10.0 Å². The molecule has 2 aromatic rings. The minimum absolute atomic E-state index is 0.0332. The Hall–Kier alpha value is -2.58. The van der Waals surface area contributed by atoms with Gasteiger partial charge < -0.3 is 10.6 Å². The van der Waals surface area contributed by atoms with Gasteiger partial charge in [-0.25, -0.2) is 8.42 Å². The van der Waals surface area contributed by atoms with Crippen LogP contribution in [0.15, 0.2) is 47.4 Å². The van der Waals surface area contributed by atoms with Gasteiger partial charge in [0.05, 0.1) is 4.90 Å². The van der Waals surface area contributed by atoms with E-state index in [0.717, 1.165) is 0 Å². The molecule has 7 nitrogen and oxygen atoms in total. The second-order valence-corrected chi connectivity index (χ2v) is 9.09. The summed E-state index contributed by atoms with van der Waals surface area (Å²) in [6, 6.07) is 10.1. The van der Waals surface area contributed by atoms with Crippen molar-refractivity contribution in [2.75, 3.05) is 10.0 Å². The molecular weight excluding hydrogens is 414 g/mol. The van der Waals surface area contributed by atoms with E-state index in [1.54, 1.807) is 57.2 Å². The standard InChI is InChI=1S/C20H24ClN3O4S/c1-12(2)19(22-14(4)25)20(26)23-17-8-5-13(3)18(11-17)29(27,28)24-16-9-6-15(21)7-10-16/h5-12,19,24H,1-4H3,(H,22,25)(H,23,26)/t19-/m1/s1. The third kappa shape index (κ3) is 6.20. The van der Waals surface area contributed by atoms with Crippen molar-refractivity contribution in [1.29, 1.82) is 0 Å². The summed E-state index contributed by atoms with van der Waals surface area (Å²) >= 11 is 5.83. The van der Waals surface area contributed by atoms with E-state index in [0.29, 0.717) is 22.0 Å². The van der Waals surface area contributed by atoms with Crippen LogP contribution in [0.2, 0.25) is 5.02 Å². The average Bonchev–Trinajstić information content (AvgIpc) is 2.62. The molecule has 0 aliphatic rings. The number of nitrogens with one attached hydrogen (secondary N) is 3. The normalized spacial score (nSPS) is 12.3. The van der Waals surface area contributed by atoms with Gasteiger partial charge in [-0.15, -0.1) is 0 Å². The lowest BCUT2D eigenvalue weighted by atomic mass is 10.0. The van der Waals surface area contributed by atoms with Crippen LogP contribution in [-0.4, -0.2) is 26.3 Å². The fraction of sp³-hybridized carbons (Fsp3) is 0.300. The van der Waals surface area contributed by atoms with Crippen LogP contribution in [0.1, 0.15) is 26.3 Å². The van der Waals surface area contributed by atoms with Gasteiger partial charge in [0.1, 0.15) is 6.04 Å². The van der Waals surface area contributed by atoms with E-state index in [1.807, 2.05) is 0 Å². The quantitative estimate of drug-likeness (QED) is 0.616. The van der Waals surface area contributed by atoms with E-state index in [2.05, 4.69) is 15.4 Å². The zero-order valence-electron chi connectivity index (χ0n) is 16.6. The second kappa shape index (κ2) is 9.28. The van der Waals surface area contributed by atoms with Gasteiger partial charge in [0.2, 0.25) is 11.8 Å². The fourth-order valence-electron chi connectivity index (χ4n) is 2.67. The molecule has 0 aromatic heterocycles. The van der Waals surface area contributed by atoms with Gasteiger partial charge in [0, 0.05) is 23.3 Å². The maximum Gasteiger partial charge on any atom is 0.262 e. The molecule has 2 rings (SSSR count). The minimum Gasteiger partial charge on any atom is -0.344 e. The molecule has 0 bridgehead atoms. The SMILES string of the molecule is CC(=O)N[C@@H](C(=O)Nc1ccc(C)c(S(=O)(=O)Nc2ccc(Cl)cc2)c1)C(C)C. The van der Waals surface area contributed by atoms with Crippen LogP contribution in [0.3, 0.4) is 0 Å². The monoisotopic (exact) mass is 437 g/mol. The summed E-state index contributed by atoms with van der Waals surface area (Å²) in [4.78, 5) is 23.9. The first-order valence-electron chi connectivity index (χ1n) is 8.96. The van der Waals surface area contributed by atoms with Crippen molar-refractivity contribution in [3.63, 3.8) is 0 Å². The Bertz CT molecular complexity index is 1000. The lowest BCUT2D eigenvalue weighted by molar-refractivity contribution is -0.126. The summed E-state index contributed by atoms with van der Waals surface area (Å²) in [5, 5.41) is 5.77. The Balaban J connectivity index is 2.27. The van der Waals surface area contributed by atoms with Crippen molar-refractivity contribution in [2.24, 2.45) is 5.92 Å². The van der Waals surface area contributed by atoms with E-state index in [4.69, 9.17) is 11.6 Å². The Morgan fingerprint density at radius 2 is 1.59 bits per heavy atom. The maximum absolute atomic E-state index is 12.8. The van der Waals surface area contributed by atoms with Gasteiger partial charge in [-0.3, -0.25) is 14.3 Å². The number of amides is 2. The molecule has 29 heavy (non-hydrogen) atoms. The number of hydrogen-bond acceptors (Lipinski definition) is 4. The number of benzene rings is 2. The van der Waals surface area contributed by atoms with Crippen LogP contribution in [-0.2, 0) is 19.6 Å². The number of aryl methyl sites for hydroxylation is 1. The first-order valence-corrected chi connectivity index (χ1v) is 10.8. The molecule has 0 heterocycles. The van der Waals surface area contributed by atoms with Crippen LogP contribution in [0.25, 0.3) is 0 Å². The minimum atomic E-state index is -3.88. The summed E-state index contributed by atoms with van der Waals surface area (Å²) in [7, 11) is -3.88. The Labute approximate surface area is 175 Å². The number of sulfonamides is 1. The Kier molecular flexibility index (Phi) is 7.26. The lowest BCUT2D eigenvalue weighted by Gasteiger charge is -2.21. The summed E-state index contributed by atoms with van der Waals surface area (Å²) in [5.74, 6) is -0.884. The molecule has 0 spiro atoms. The van der Waals surface area contributed by atoms with Gasteiger partial charge in [-0.2, -0.15) is 0 Å². The van der Waals surface area contributed by atoms with Crippen molar-refractivity contribution in [3.05, 3.63) is 53.1 Å². The molecule has 0 radical (unpaired) electrons.